The van der Waals surface area contributed by atoms with Gasteiger partial charge in [0.05, 0.1) is 5.69 Å². The molecule has 0 aliphatic heterocycles. The van der Waals surface area contributed by atoms with E-state index in [9.17, 15) is 9.59 Å². The van der Waals surface area contributed by atoms with E-state index in [4.69, 9.17) is 4.74 Å². The molecule has 24 heavy (non-hydrogen) atoms. The van der Waals surface area contributed by atoms with Crippen LogP contribution >= 0.6 is 0 Å². The number of hydrogen-bond acceptors (Lipinski definition) is 4. The third kappa shape index (κ3) is 3.32. The van der Waals surface area contributed by atoms with Gasteiger partial charge in [-0.3, -0.25) is 4.79 Å². The number of amides is 1. The predicted molar refractivity (Wildman–Crippen MR) is 89.2 cm³/mol. The maximum atomic E-state index is 12.3. The molecule has 126 valence electrons. The molecule has 0 bridgehead atoms. The molecule has 2 aromatic rings. The van der Waals surface area contributed by atoms with Gasteiger partial charge in [-0.2, -0.15) is 5.10 Å². The molecular formula is C18H21N3O3. The Labute approximate surface area is 140 Å². The normalized spacial score (nSPS) is 12.7. The SMILES string of the molecule is CCCNC(=O)COC(=O)c1nn(-c2ccccc2)c2c1CCC2. The maximum absolute atomic E-state index is 12.3. The minimum absolute atomic E-state index is 0.272. The van der Waals surface area contributed by atoms with E-state index < -0.39 is 5.97 Å². The lowest BCUT2D eigenvalue weighted by molar-refractivity contribution is -0.124. The fraction of sp³-hybridized carbons (Fsp3) is 0.389. The molecule has 0 fully saturated rings. The molecule has 1 heterocycles. The molecule has 0 atom stereocenters. The van der Waals surface area contributed by atoms with Crippen molar-refractivity contribution in [2.45, 2.75) is 32.6 Å². The van der Waals surface area contributed by atoms with Crippen LogP contribution in [0.3, 0.4) is 0 Å². The average molecular weight is 327 g/mol. The molecule has 0 saturated heterocycles. The highest BCUT2D eigenvalue weighted by molar-refractivity contribution is 5.91. The zero-order valence-electron chi connectivity index (χ0n) is 13.7. The Morgan fingerprint density at radius 2 is 2.04 bits per heavy atom. The highest BCUT2D eigenvalue weighted by atomic mass is 16.5. The van der Waals surface area contributed by atoms with Crippen LogP contribution in [0.4, 0.5) is 0 Å². The molecule has 1 aromatic heterocycles. The molecule has 1 amide bonds. The van der Waals surface area contributed by atoms with E-state index in [1.165, 1.54) is 0 Å². The van der Waals surface area contributed by atoms with E-state index in [1.54, 1.807) is 0 Å². The summed E-state index contributed by atoms with van der Waals surface area (Å²) in [5.74, 6) is -0.821. The van der Waals surface area contributed by atoms with Crippen LogP contribution in [0, 0.1) is 0 Å². The average Bonchev–Trinajstić information content (AvgIpc) is 3.21. The minimum atomic E-state index is -0.533. The van der Waals surface area contributed by atoms with Crippen molar-refractivity contribution in [3.63, 3.8) is 0 Å². The number of nitrogens with zero attached hydrogens (tertiary/aromatic N) is 2. The maximum Gasteiger partial charge on any atom is 0.359 e. The van der Waals surface area contributed by atoms with Crippen LogP contribution in [-0.4, -0.2) is 34.8 Å². The van der Waals surface area contributed by atoms with Crippen LogP contribution in [-0.2, 0) is 22.4 Å². The second-order valence-electron chi connectivity index (χ2n) is 5.80. The van der Waals surface area contributed by atoms with E-state index in [0.29, 0.717) is 12.2 Å². The fourth-order valence-corrected chi connectivity index (χ4v) is 2.90. The molecule has 0 spiro atoms. The summed E-state index contributed by atoms with van der Waals surface area (Å²) in [4.78, 5) is 23.9. The highest BCUT2D eigenvalue weighted by Gasteiger charge is 2.28. The van der Waals surface area contributed by atoms with Crippen molar-refractivity contribution in [3.8, 4) is 5.69 Å². The van der Waals surface area contributed by atoms with Gasteiger partial charge in [-0.05, 0) is 37.8 Å². The Hall–Kier alpha value is -2.63. The van der Waals surface area contributed by atoms with Crippen LogP contribution < -0.4 is 5.32 Å². The minimum Gasteiger partial charge on any atom is -0.451 e. The van der Waals surface area contributed by atoms with Gasteiger partial charge in [0.25, 0.3) is 5.91 Å². The second-order valence-corrected chi connectivity index (χ2v) is 5.80. The van der Waals surface area contributed by atoms with Gasteiger partial charge >= 0.3 is 5.97 Å². The van der Waals surface area contributed by atoms with Crippen molar-refractivity contribution >= 4 is 11.9 Å². The number of fused-ring (bicyclic) bond motifs is 1. The largest absolute Gasteiger partial charge is 0.451 e. The van der Waals surface area contributed by atoms with Crippen molar-refractivity contribution in [1.29, 1.82) is 0 Å². The van der Waals surface area contributed by atoms with Crippen molar-refractivity contribution in [2.24, 2.45) is 0 Å². The van der Waals surface area contributed by atoms with Crippen LogP contribution in [0.25, 0.3) is 5.69 Å². The summed E-state index contributed by atoms with van der Waals surface area (Å²) in [6.45, 7) is 2.27. The van der Waals surface area contributed by atoms with Gasteiger partial charge in [-0.25, -0.2) is 9.48 Å². The lowest BCUT2D eigenvalue weighted by atomic mass is 10.2. The summed E-state index contributed by atoms with van der Waals surface area (Å²) < 4.78 is 6.95. The Bertz CT molecular complexity index is 737. The first-order valence-corrected chi connectivity index (χ1v) is 8.30. The van der Waals surface area contributed by atoms with E-state index in [0.717, 1.165) is 42.6 Å². The van der Waals surface area contributed by atoms with Crippen LogP contribution in [0.15, 0.2) is 30.3 Å². The number of esters is 1. The molecule has 3 rings (SSSR count). The topological polar surface area (TPSA) is 73.2 Å². The van der Waals surface area contributed by atoms with Gasteiger partial charge in [0.2, 0.25) is 0 Å². The van der Waals surface area contributed by atoms with Gasteiger partial charge in [0.1, 0.15) is 0 Å². The summed E-state index contributed by atoms with van der Waals surface area (Å²) in [5, 5.41) is 7.13. The highest BCUT2D eigenvalue weighted by Crippen LogP contribution is 2.28. The van der Waals surface area contributed by atoms with Gasteiger partial charge in [0, 0.05) is 17.8 Å². The molecule has 6 nitrogen and oxygen atoms in total. The van der Waals surface area contributed by atoms with Crippen molar-refractivity contribution in [1.82, 2.24) is 15.1 Å². The molecule has 0 saturated carbocycles. The molecule has 1 aliphatic carbocycles. The van der Waals surface area contributed by atoms with E-state index in [1.807, 2.05) is 41.9 Å². The van der Waals surface area contributed by atoms with Gasteiger partial charge in [0.15, 0.2) is 12.3 Å². The summed E-state index contributed by atoms with van der Waals surface area (Å²) in [7, 11) is 0. The number of hydrogen-bond donors (Lipinski definition) is 1. The first-order chi connectivity index (χ1) is 11.7. The number of aromatic nitrogens is 2. The van der Waals surface area contributed by atoms with Gasteiger partial charge < -0.3 is 10.1 Å². The first-order valence-electron chi connectivity index (χ1n) is 8.30. The van der Waals surface area contributed by atoms with Crippen molar-refractivity contribution < 1.29 is 14.3 Å². The van der Waals surface area contributed by atoms with Crippen molar-refractivity contribution in [2.75, 3.05) is 13.2 Å². The Morgan fingerprint density at radius 3 is 2.79 bits per heavy atom. The van der Waals surface area contributed by atoms with Gasteiger partial charge in [-0.1, -0.05) is 25.1 Å². The molecule has 1 aromatic carbocycles. The second kappa shape index (κ2) is 7.29. The Kier molecular flexibility index (Phi) is 4.93. The van der Waals surface area contributed by atoms with Crippen LogP contribution in [0.5, 0.6) is 0 Å². The molecular weight excluding hydrogens is 306 g/mol. The number of ether oxygens (including phenoxy) is 1. The summed E-state index contributed by atoms with van der Waals surface area (Å²) >= 11 is 0. The molecule has 6 heteroatoms. The number of rotatable bonds is 6. The zero-order chi connectivity index (χ0) is 16.9. The fourth-order valence-electron chi connectivity index (χ4n) is 2.90. The van der Waals surface area contributed by atoms with E-state index >= 15 is 0 Å². The number of carbonyl (C=O) groups is 2. The smallest absolute Gasteiger partial charge is 0.359 e. The Morgan fingerprint density at radius 1 is 1.25 bits per heavy atom. The first kappa shape index (κ1) is 16.2. The Balaban J connectivity index is 1.77. The van der Waals surface area contributed by atoms with Gasteiger partial charge in [-0.15, -0.1) is 0 Å². The summed E-state index contributed by atoms with van der Waals surface area (Å²) in [6, 6.07) is 9.73. The lowest BCUT2D eigenvalue weighted by Gasteiger charge is -2.05. The molecule has 0 radical (unpaired) electrons. The summed E-state index contributed by atoms with van der Waals surface area (Å²) in [5.41, 5.74) is 3.26. The van der Waals surface area contributed by atoms with Crippen LogP contribution in [0.2, 0.25) is 0 Å². The number of carbonyl (C=O) groups excluding carboxylic acids is 2. The summed E-state index contributed by atoms with van der Waals surface area (Å²) in [6.07, 6.45) is 3.54. The van der Waals surface area contributed by atoms with Crippen molar-refractivity contribution in [3.05, 3.63) is 47.3 Å². The number of para-hydroxylation sites is 1. The molecule has 1 N–H and O–H groups in total. The zero-order valence-corrected chi connectivity index (χ0v) is 13.7. The number of benzene rings is 1. The standard InChI is InChI=1S/C18H21N3O3/c1-2-11-19-16(22)12-24-18(23)17-14-9-6-10-15(14)21(20-17)13-7-4-3-5-8-13/h3-5,7-8H,2,6,9-12H2,1H3,(H,19,22). The quantitative estimate of drug-likeness (QED) is 0.824. The number of nitrogens with one attached hydrogen (secondary N) is 1. The third-order valence-corrected chi connectivity index (χ3v) is 4.03. The van der Waals surface area contributed by atoms with E-state index in [-0.39, 0.29) is 12.5 Å². The monoisotopic (exact) mass is 327 g/mol. The third-order valence-electron chi connectivity index (χ3n) is 4.03. The molecule has 0 unspecified atom stereocenters. The predicted octanol–water partition coefficient (Wildman–Crippen LogP) is 2.04. The lowest BCUT2D eigenvalue weighted by Crippen LogP contribution is -2.29. The van der Waals surface area contributed by atoms with E-state index in [2.05, 4.69) is 10.4 Å². The molecule has 1 aliphatic rings. The van der Waals surface area contributed by atoms with Crippen LogP contribution in [0.1, 0.15) is 41.5 Å².